The molecule has 5 heteroatoms. The first-order valence-corrected chi connectivity index (χ1v) is 9.39. The van der Waals surface area contributed by atoms with Crippen molar-refractivity contribution in [2.24, 2.45) is 0 Å². The Morgan fingerprint density at radius 3 is 2.28 bits per heavy atom. The zero-order chi connectivity index (χ0) is 17.6. The van der Waals surface area contributed by atoms with Crippen LogP contribution in [0.3, 0.4) is 0 Å². The summed E-state index contributed by atoms with van der Waals surface area (Å²) in [6.07, 6.45) is 2.62. The quantitative estimate of drug-likeness (QED) is 0.805. The predicted molar refractivity (Wildman–Crippen MR) is 103 cm³/mol. The Morgan fingerprint density at radius 2 is 1.64 bits per heavy atom. The van der Waals surface area contributed by atoms with Crippen molar-refractivity contribution in [1.82, 2.24) is 10.2 Å². The third kappa shape index (κ3) is 4.75. The van der Waals surface area contributed by atoms with Crippen LogP contribution in [0.2, 0.25) is 10.0 Å². The van der Waals surface area contributed by atoms with Crippen molar-refractivity contribution in [3.8, 4) is 0 Å². The van der Waals surface area contributed by atoms with Crippen LogP contribution in [0.25, 0.3) is 0 Å². The number of rotatable bonds is 6. The number of nitrogens with one attached hydrogen (secondary N) is 1. The Labute approximate surface area is 158 Å². The highest BCUT2D eigenvalue weighted by Gasteiger charge is 2.24. The largest absolute Gasteiger partial charge is 0.354 e. The van der Waals surface area contributed by atoms with E-state index in [1.807, 2.05) is 18.2 Å². The molecule has 1 unspecified atom stereocenters. The second-order valence-corrected chi connectivity index (χ2v) is 7.17. The maximum Gasteiger partial charge on any atom is 0.224 e. The molecule has 3 rings (SSSR count). The minimum atomic E-state index is -0.0601. The Balaban J connectivity index is 1.65. The molecule has 25 heavy (non-hydrogen) atoms. The normalized spacial score (nSPS) is 15.9. The summed E-state index contributed by atoms with van der Waals surface area (Å²) in [4.78, 5) is 14.9. The molecular weight excluding hydrogens is 355 g/mol. The van der Waals surface area contributed by atoms with Gasteiger partial charge in [0, 0.05) is 16.6 Å². The molecule has 1 fully saturated rings. The second kappa shape index (κ2) is 8.70. The van der Waals surface area contributed by atoms with Gasteiger partial charge in [-0.3, -0.25) is 9.69 Å². The van der Waals surface area contributed by atoms with Gasteiger partial charge in [-0.15, -0.1) is 0 Å². The molecule has 132 valence electrons. The number of hydrogen-bond acceptors (Lipinski definition) is 2. The number of carbonyl (C=O) groups is 1. The molecule has 1 N–H and O–H groups in total. The van der Waals surface area contributed by atoms with Gasteiger partial charge >= 0.3 is 0 Å². The summed E-state index contributed by atoms with van der Waals surface area (Å²) in [5, 5.41) is 4.12. The molecule has 1 aliphatic rings. The minimum Gasteiger partial charge on any atom is -0.354 e. The molecular formula is C20H22Cl2N2O. The predicted octanol–water partition coefficient (Wildman–Crippen LogP) is 4.49. The van der Waals surface area contributed by atoms with Crippen molar-refractivity contribution in [1.29, 1.82) is 0 Å². The van der Waals surface area contributed by atoms with Crippen molar-refractivity contribution in [2.45, 2.75) is 25.3 Å². The smallest absolute Gasteiger partial charge is 0.224 e. The molecule has 0 radical (unpaired) electrons. The SMILES string of the molecule is O=C(Cc1c(Cl)cccc1Cl)NCC(c1ccccc1)N1CCCC1. The lowest BCUT2D eigenvalue weighted by Gasteiger charge is -2.28. The zero-order valence-electron chi connectivity index (χ0n) is 14.1. The molecule has 0 saturated carbocycles. The Kier molecular flexibility index (Phi) is 6.35. The molecule has 1 amide bonds. The highest BCUT2D eigenvalue weighted by molar-refractivity contribution is 6.36. The maximum absolute atomic E-state index is 12.4. The maximum atomic E-state index is 12.4. The minimum absolute atomic E-state index is 0.0601. The molecule has 1 aliphatic heterocycles. The summed E-state index contributed by atoms with van der Waals surface area (Å²) in [6, 6.07) is 15.9. The van der Waals surface area contributed by atoms with E-state index in [9.17, 15) is 4.79 Å². The molecule has 0 spiro atoms. The van der Waals surface area contributed by atoms with E-state index >= 15 is 0 Å². The summed E-state index contributed by atoms with van der Waals surface area (Å²) in [6.45, 7) is 2.74. The van der Waals surface area contributed by atoms with E-state index in [1.165, 1.54) is 18.4 Å². The fraction of sp³-hybridized carbons (Fsp3) is 0.350. The standard InChI is InChI=1S/C20H22Cl2N2O/c21-17-9-6-10-18(22)16(17)13-20(25)23-14-19(24-11-4-5-12-24)15-7-2-1-3-8-15/h1-3,6-10,19H,4-5,11-14H2,(H,23,25). The Morgan fingerprint density at radius 1 is 1.00 bits per heavy atom. The van der Waals surface area contributed by atoms with E-state index in [0.29, 0.717) is 22.2 Å². The van der Waals surface area contributed by atoms with Crippen molar-refractivity contribution < 1.29 is 4.79 Å². The van der Waals surface area contributed by atoms with Gasteiger partial charge in [-0.1, -0.05) is 59.6 Å². The van der Waals surface area contributed by atoms with Crippen LogP contribution in [0, 0.1) is 0 Å². The van der Waals surface area contributed by atoms with E-state index in [1.54, 1.807) is 18.2 Å². The lowest BCUT2D eigenvalue weighted by molar-refractivity contribution is -0.120. The van der Waals surface area contributed by atoms with Gasteiger partial charge in [0.1, 0.15) is 0 Å². The molecule has 3 nitrogen and oxygen atoms in total. The van der Waals surface area contributed by atoms with Gasteiger partial charge in [-0.25, -0.2) is 0 Å². The number of carbonyl (C=O) groups excluding carboxylic acids is 1. The topological polar surface area (TPSA) is 32.3 Å². The monoisotopic (exact) mass is 376 g/mol. The average Bonchev–Trinajstić information content (AvgIpc) is 3.14. The van der Waals surface area contributed by atoms with Gasteiger partial charge in [0.15, 0.2) is 0 Å². The van der Waals surface area contributed by atoms with Gasteiger partial charge in [0.2, 0.25) is 5.91 Å². The lowest BCUT2D eigenvalue weighted by atomic mass is 10.1. The molecule has 0 aromatic heterocycles. The van der Waals surface area contributed by atoms with Crippen LogP contribution in [-0.4, -0.2) is 30.4 Å². The Bertz CT molecular complexity index is 695. The fourth-order valence-electron chi connectivity index (χ4n) is 3.32. The van der Waals surface area contributed by atoms with E-state index in [2.05, 4.69) is 22.3 Å². The van der Waals surface area contributed by atoms with Crippen molar-refractivity contribution in [3.05, 3.63) is 69.7 Å². The molecule has 1 heterocycles. The van der Waals surface area contributed by atoms with Gasteiger partial charge in [0.25, 0.3) is 0 Å². The summed E-state index contributed by atoms with van der Waals surface area (Å²) in [5.41, 5.74) is 1.92. The first-order valence-electron chi connectivity index (χ1n) is 8.64. The highest BCUT2D eigenvalue weighted by Crippen LogP contribution is 2.26. The molecule has 0 aliphatic carbocycles. The third-order valence-electron chi connectivity index (χ3n) is 4.66. The van der Waals surface area contributed by atoms with E-state index in [0.717, 1.165) is 13.1 Å². The van der Waals surface area contributed by atoms with Crippen molar-refractivity contribution in [3.63, 3.8) is 0 Å². The van der Waals surface area contributed by atoms with Crippen LogP contribution >= 0.6 is 23.2 Å². The lowest BCUT2D eigenvalue weighted by Crippen LogP contribution is -2.37. The number of likely N-dealkylation sites (tertiary alicyclic amines) is 1. The average molecular weight is 377 g/mol. The van der Waals surface area contributed by atoms with Gasteiger partial charge in [-0.05, 0) is 49.2 Å². The Hall–Kier alpha value is -1.55. The number of benzene rings is 2. The first-order chi connectivity index (χ1) is 12.1. The zero-order valence-corrected chi connectivity index (χ0v) is 15.6. The van der Waals surface area contributed by atoms with Gasteiger partial charge in [-0.2, -0.15) is 0 Å². The molecule has 0 bridgehead atoms. The number of hydrogen-bond donors (Lipinski definition) is 1. The highest BCUT2D eigenvalue weighted by atomic mass is 35.5. The molecule has 1 atom stereocenters. The summed E-state index contributed by atoms with van der Waals surface area (Å²) < 4.78 is 0. The third-order valence-corrected chi connectivity index (χ3v) is 5.37. The number of nitrogens with zero attached hydrogens (tertiary/aromatic N) is 1. The number of halogens is 2. The summed E-state index contributed by atoms with van der Waals surface area (Å²) in [7, 11) is 0. The van der Waals surface area contributed by atoms with Crippen LogP contribution < -0.4 is 5.32 Å². The number of amides is 1. The van der Waals surface area contributed by atoms with Crippen molar-refractivity contribution in [2.75, 3.05) is 19.6 Å². The van der Waals surface area contributed by atoms with Crippen LogP contribution in [0.15, 0.2) is 48.5 Å². The van der Waals surface area contributed by atoms with Crippen LogP contribution in [0.5, 0.6) is 0 Å². The van der Waals surface area contributed by atoms with Crippen molar-refractivity contribution >= 4 is 29.1 Å². The van der Waals surface area contributed by atoms with Crippen LogP contribution in [0.4, 0.5) is 0 Å². The van der Waals surface area contributed by atoms with E-state index in [4.69, 9.17) is 23.2 Å². The fourth-order valence-corrected chi connectivity index (χ4v) is 3.85. The summed E-state index contributed by atoms with van der Waals surface area (Å²) >= 11 is 12.3. The molecule has 2 aromatic carbocycles. The summed E-state index contributed by atoms with van der Waals surface area (Å²) in [5.74, 6) is -0.0601. The van der Waals surface area contributed by atoms with Gasteiger partial charge in [0.05, 0.1) is 12.5 Å². The van der Waals surface area contributed by atoms with Crippen LogP contribution in [0.1, 0.15) is 30.0 Å². The molecule has 1 saturated heterocycles. The van der Waals surface area contributed by atoms with E-state index in [-0.39, 0.29) is 18.4 Å². The first kappa shape index (κ1) is 18.2. The van der Waals surface area contributed by atoms with Crippen LogP contribution in [-0.2, 0) is 11.2 Å². The van der Waals surface area contributed by atoms with Gasteiger partial charge < -0.3 is 5.32 Å². The molecule has 2 aromatic rings. The van der Waals surface area contributed by atoms with E-state index < -0.39 is 0 Å². The second-order valence-electron chi connectivity index (χ2n) is 6.35.